The average Bonchev–Trinajstić information content (AvgIpc) is 3.28. The molecule has 4 rings (SSSR count). The van der Waals surface area contributed by atoms with Crippen LogP contribution < -0.4 is 5.14 Å². The third-order valence-electron chi connectivity index (χ3n) is 4.95. The molecule has 7 heteroatoms. The number of hydrogen-bond donors (Lipinski definition) is 1. The Morgan fingerprint density at radius 1 is 1.30 bits per heavy atom. The van der Waals surface area contributed by atoms with E-state index in [2.05, 4.69) is 35.5 Å². The van der Waals surface area contributed by atoms with Gasteiger partial charge >= 0.3 is 0 Å². The molecule has 5 nitrogen and oxygen atoms in total. The zero-order valence-electron chi connectivity index (χ0n) is 15.4. The van der Waals surface area contributed by atoms with E-state index in [1.165, 1.54) is 16.9 Å². The molecular formula is C20H23N3O2S2. The molecule has 0 amide bonds. The van der Waals surface area contributed by atoms with Crippen molar-refractivity contribution < 1.29 is 8.42 Å². The van der Waals surface area contributed by atoms with Gasteiger partial charge in [0.15, 0.2) is 0 Å². The quantitative estimate of drug-likeness (QED) is 0.702. The SMILES string of the molecule is CC(C)Cc1cc(-c2ccc(C3CCc4nccn43)cc2)c(S(N)(=O)=O)s1. The van der Waals surface area contributed by atoms with Crippen LogP contribution in [0.4, 0.5) is 0 Å². The number of fused-ring (bicyclic) bond motifs is 1. The maximum atomic E-state index is 12.1. The van der Waals surface area contributed by atoms with Gasteiger partial charge in [0.2, 0.25) is 10.0 Å². The van der Waals surface area contributed by atoms with Crippen LogP contribution in [0.15, 0.2) is 46.9 Å². The molecule has 0 radical (unpaired) electrons. The number of imidazole rings is 1. The molecule has 0 saturated heterocycles. The number of rotatable bonds is 5. The lowest BCUT2D eigenvalue weighted by molar-refractivity contribution is 0.600. The molecule has 1 atom stereocenters. The maximum Gasteiger partial charge on any atom is 0.248 e. The van der Waals surface area contributed by atoms with Crippen molar-refractivity contribution in [3.63, 3.8) is 0 Å². The number of hydrogen-bond acceptors (Lipinski definition) is 4. The number of aryl methyl sites for hydroxylation is 1. The standard InChI is InChI=1S/C20H23N3O2S2/c1-13(2)11-16-12-17(20(26-16)27(21,24)25)14-3-5-15(6-4-14)18-7-8-19-22-9-10-23(18)19/h3-6,9-10,12-13,18H,7-8,11H2,1-2H3,(H2,21,24,25). The Morgan fingerprint density at radius 3 is 2.70 bits per heavy atom. The molecule has 1 aliphatic rings. The largest absolute Gasteiger partial charge is 0.327 e. The number of aromatic nitrogens is 2. The summed E-state index contributed by atoms with van der Waals surface area (Å²) < 4.78 is 26.6. The molecule has 0 aliphatic carbocycles. The van der Waals surface area contributed by atoms with E-state index in [9.17, 15) is 8.42 Å². The number of thiophene rings is 1. The highest BCUT2D eigenvalue weighted by Crippen LogP contribution is 2.37. The van der Waals surface area contributed by atoms with E-state index in [1.54, 1.807) is 0 Å². The molecule has 2 N–H and O–H groups in total. The summed E-state index contributed by atoms with van der Waals surface area (Å²) in [6, 6.07) is 10.4. The Labute approximate surface area is 163 Å². The first-order valence-corrected chi connectivity index (χ1v) is 11.5. The molecule has 0 fully saturated rings. The highest BCUT2D eigenvalue weighted by atomic mass is 32.2. The minimum Gasteiger partial charge on any atom is -0.327 e. The van der Waals surface area contributed by atoms with Crippen molar-refractivity contribution in [3.05, 3.63) is 59.0 Å². The smallest absolute Gasteiger partial charge is 0.248 e. The normalized spacial score (nSPS) is 16.8. The van der Waals surface area contributed by atoms with Gasteiger partial charge in [0, 0.05) is 29.3 Å². The van der Waals surface area contributed by atoms with Crippen molar-refractivity contribution in [2.75, 3.05) is 0 Å². The second kappa shape index (κ2) is 6.89. The lowest BCUT2D eigenvalue weighted by Gasteiger charge is -2.14. The van der Waals surface area contributed by atoms with Crippen molar-refractivity contribution in [1.29, 1.82) is 0 Å². The number of sulfonamides is 1. The van der Waals surface area contributed by atoms with E-state index < -0.39 is 10.0 Å². The summed E-state index contributed by atoms with van der Waals surface area (Å²) in [6.07, 6.45) is 6.74. The van der Waals surface area contributed by atoms with Crippen molar-refractivity contribution in [1.82, 2.24) is 9.55 Å². The monoisotopic (exact) mass is 401 g/mol. The van der Waals surface area contributed by atoms with Crippen LogP contribution in [-0.4, -0.2) is 18.0 Å². The Morgan fingerprint density at radius 2 is 2.04 bits per heavy atom. The summed E-state index contributed by atoms with van der Waals surface area (Å²) in [4.78, 5) is 5.43. The molecule has 3 heterocycles. The number of primary sulfonamides is 1. The molecule has 0 saturated carbocycles. The summed E-state index contributed by atoms with van der Waals surface area (Å²) >= 11 is 1.29. The van der Waals surface area contributed by atoms with Crippen LogP contribution >= 0.6 is 11.3 Å². The third-order valence-corrected chi connectivity index (χ3v) is 7.59. The van der Waals surface area contributed by atoms with E-state index >= 15 is 0 Å². The Hall–Kier alpha value is -1.96. The molecule has 1 aromatic carbocycles. The fourth-order valence-electron chi connectivity index (χ4n) is 3.78. The van der Waals surface area contributed by atoms with Crippen molar-refractivity contribution in [2.24, 2.45) is 11.1 Å². The zero-order chi connectivity index (χ0) is 19.2. The topological polar surface area (TPSA) is 78.0 Å². The van der Waals surface area contributed by atoms with Gasteiger partial charge in [0.05, 0.1) is 6.04 Å². The van der Waals surface area contributed by atoms with Crippen LogP contribution in [0.2, 0.25) is 0 Å². The molecule has 1 aliphatic heterocycles. The first-order chi connectivity index (χ1) is 12.8. The highest BCUT2D eigenvalue weighted by molar-refractivity contribution is 7.91. The first-order valence-electron chi connectivity index (χ1n) is 9.10. The molecule has 0 bridgehead atoms. The summed E-state index contributed by atoms with van der Waals surface area (Å²) in [5, 5.41) is 5.48. The Balaban J connectivity index is 1.69. The van der Waals surface area contributed by atoms with E-state index in [0.717, 1.165) is 35.5 Å². The van der Waals surface area contributed by atoms with Crippen LogP contribution in [0.1, 0.15) is 42.6 Å². The fraction of sp³-hybridized carbons (Fsp3) is 0.350. The van der Waals surface area contributed by atoms with E-state index in [-0.39, 0.29) is 4.21 Å². The molecule has 2 aromatic heterocycles. The van der Waals surface area contributed by atoms with Crippen molar-refractivity contribution in [2.45, 2.75) is 43.4 Å². The first kappa shape index (κ1) is 18.4. The van der Waals surface area contributed by atoms with Crippen molar-refractivity contribution in [3.8, 4) is 11.1 Å². The fourth-order valence-corrected chi connectivity index (χ4v) is 6.16. The van der Waals surface area contributed by atoms with Crippen LogP contribution in [0.3, 0.4) is 0 Å². The zero-order valence-corrected chi connectivity index (χ0v) is 17.1. The van der Waals surface area contributed by atoms with Crippen LogP contribution in [0.5, 0.6) is 0 Å². The summed E-state index contributed by atoms with van der Waals surface area (Å²) in [5.74, 6) is 1.58. The number of benzene rings is 1. The van der Waals surface area contributed by atoms with Gasteiger partial charge in [-0.2, -0.15) is 0 Å². The van der Waals surface area contributed by atoms with Crippen molar-refractivity contribution >= 4 is 21.4 Å². The van der Waals surface area contributed by atoms with Gasteiger partial charge in [-0.3, -0.25) is 0 Å². The third kappa shape index (κ3) is 3.59. The second-order valence-corrected chi connectivity index (χ2v) is 10.4. The minimum atomic E-state index is -3.75. The van der Waals surface area contributed by atoms with Crippen LogP contribution in [-0.2, 0) is 22.9 Å². The molecule has 3 aromatic rings. The summed E-state index contributed by atoms with van der Waals surface area (Å²) in [7, 11) is -3.75. The maximum absolute atomic E-state index is 12.1. The van der Waals surface area contributed by atoms with Crippen LogP contribution in [0.25, 0.3) is 11.1 Å². The lowest BCUT2D eigenvalue weighted by Crippen LogP contribution is -2.11. The Kier molecular flexibility index (Phi) is 4.70. The minimum absolute atomic E-state index is 0.253. The second-order valence-electron chi connectivity index (χ2n) is 7.48. The predicted molar refractivity (Wildman–Crippen MR) is 108 cm³/mol. The molecular weight excluding hydrogens is 378 g/mol. The Bertz CT molecular complexity index is 1060. The van der Waals surface area contributed by atoms with Gasteiger partial charge in [0.25, 0.3) is 0 Å². The van der Waals surface area contributed by atoms with Gasteiger partial charge in [-0.05, 0) is 36.0 Å². The summed E-state index contributed by atoms with van der Waals surface area (Å²) in [6.45, 7) is 4.24. The van der Waals surface area contributed by atoms with Gasteiger partial charge in [-0.15, -0.1) is 11.3 Å². The van der Waals surface area contributed by atoms with Gasteiger partial charge in [-0.1, -0.05) is 38.1 Å². The van der Waals surface area contributed by atoms with Gasteiger partial charge in [0.1, 0.15) is 10.0 Å². The molecule has 27 heavy (non-hydrogen) atoms. The van der Waals surface area contributed by atoms with Crippen LogP contribution in [0, 0.1) is 5.92 Å². The van der Waals surface area contributed by atoms with Gasteiger partial charge in [-0.25, -0.2) is 18.5 Å². The number of nitrogens with two attached hydrogens (primary N) is 1. The average molecular weight is 402 g/mol. The van der Waals surface area contributed by atoms with Gasteiger partial charge < -0.3 is 4.57 Å². The lowest BCUT2D eigenvalue weighted by atomic mass is 10.0. The van der Waals surface area contributed by atoms with E-state index in [4.69, 9.17) is 5.14 Å². The molecule has 0 spiro atoms. The predicted octanol–water partition coefficient (Wildman–Crippen LogP) is 3.99. The number of nitrogens with zero attached hydrogens (tertiary/aromatic N) is 2. The van der Waals surface area contributed by atoms with E-state index in [1.807, 2.05) is 30.6 Å². The van der Waals surface area contributed by atoms with E-state index in [0.29, 0.717) is 17.5 Å². The molecule has 142 valence electrons. The summed E-state index contributed by atoms with van der Waals surface area (Å²) in [5.41, 5.74) is 2.81. The highest BCUT2D eigenvalue weighted by Gasteiger charge is 2.24. The molecule has 1 unspecified atom stereocenters.